The smallest absolute Gasteiger partial charge is 0.256 e. The van der Waals surface area contributed by atoms with Crippen molar-refractivity contribution in [1.82, 2.24) is 49.8 Å². The standard InChI is InChI=1S/C35H40N12O3/c1-25(22-46-24-40-43-44-46)50-33-18-26(5-6-27(33)19-36)28-20-38-35(39-21-28)41-32-23-47(42-34(32)49-15-11-29-4-2-3-12-37-29)31-9-7-30(8-10-31)45-13-16-48-17-14-45/h2-6,12,18,20-21,23-25,30-31H,7-11,13-17,22H2,1H3,(H,38,39,41)/t25-,30?,31?/m0/s1. The van der Waals surface area contributed by atoms with E-state index < -0.39 is 0 Å². The molecule has 4 aromatic heterocycles. The molecule has 15 nitrogen and oxygen atoms in total. The minimum atomic E-state index is -0.273. The molecule has 50 heavy (non-hydrogen) atoms. The first-order valence-corrected chi connectivity index (χ1v) is 17.1. The molecule has 1 N–H and O–H groups in total. The molecule has 0 radical (unpaired) electrons. The van der Waals surface area contributed by atoms with Gasteiger partial charge < -0.3 is 19.5 Å². The van der Waals surface area contributed by atoms with Gasteiger partial charge in [0.2, 0.25) is 5.95 Å². The van der Waals surface area contributed by atoms with E-state index in [2.05, 4.69) is 46.8 Å². The Morgan fingerprint density at radius 1 is 1.02 bits per heavy atom. The third-order valence-corrected chi connectivity index (χ3v) is 9.12. The number of morpholine rings is 1. The van der Waals surface area contributed by atoms with E-state index in [1.807, 2.05) is 48.1 Å². The molecule has 0 spiro atoms. The van der Waals surface area contributed by atoms with Gasteiger partial charge in [0, 0.05) is 55.4 Å². The summed E-state index contributed by atoms with van der Waals surface area (Å²) in [5.41, 5.74) is 3.69. The highest BCUT2D eigenvalue weighted by Crippen LogP contribution is 2.35. The van der Waals surface area contributed by atoms with E-state index in [1.165, 1.54) is 6.33 Å². The van der Waals surface area contributed by atoms with Crippen LogP contribution < -0.4 is 14.8 Å². The molecule has 7 rings (SSSR count). The van der Waals surface area contributed by atoms with Crippen molar-refractivity contribution in [3.8, 4) is 28.8 Å². The number of ether oxygens (including phenoxy) is 3. The SMILES string of the molecule is C[C@@H](Cn1cnnn1)Oc1cc(-c2cnc(Nc3cn(C4CCC(N5CCOCC5)CC4)nc3OCCc3ccccn3)nc2)ccc1C#N. The lowest BCUT2D eigenvalue weighted by atomic mass is 9.90. The number of pyridine rings is 1. The monoisotopic (exact) mass is 676 g/mol. The van der Waals surface area contributed by atoms with E-state index in [0.29, 0.717) is 54.4 Å². The second-order valence-electron chi connectivity index (χ2n) is 12.6. The molecule has 1 aliphatic heterocycles. The summed E-state index contributed by atoms with van der Waals surface area (Å²) in [7, 11) is 0. The second-order valence-corrected chi connectivity index (χ2v) is 12.6. The van der Waals surface area contributed by atoms with Crippen LogP contribution in [0.3, 0.4) is 0 Å². The molecule has 1 saturated carbocycles. The van der Waals surface area contributed by atoms with Gasteiger partial charge in [-0.3, -0.25) is 14.6 Å². The zero-order valence-corrected chi connectivity index (χ0v) is 28.0. The third kappa shape index (κ3) is 8.21. The number of hydrogen-bond acceptors (Lipinski definition) is 13. The summed E-state index contributed by atoms with van der Waals surface area (Å²) in [6, 6.07) is 14.4. The van der Waals surface area contributed by atoms with Crippen molar-refractivity contribution < 1.29 is 14.2 Å². The van der Waals surface area contributed by atoms with Crippen molar-refractivity contribution in [3.63, 3.8) is 0 Å². The normalized spacial score (nSPS) is 18.6. The molecule has 0 bridgehead atoms. The quantitative estimate of drug-likeness (QED) is 0.188. The number of nitrogens with one attached hydrogen (secondary N) is 1. The minimum Gasteiger partial charge on any atom is -0.487 e. The van der Waals surface area contributed by atoms with Crippen molar-refractivity contribution in [1.29, 1.82) is 5.26 Å². The lowest BCUT2D eigenvalue weighted by Gasteiger charge is -2.38. The van der Waals surface area contributed by atoms with E-state index in [1.54, 1.807) is 29.3 Å². The summed E-state index contributed by atoms with van der Waals surface area (Å²) in [5.74, 6) is 1.39. The van der Waals surface area contributed by atoms with Crippen LogP contribution in [0.5, 0.6) is 11.6 Å². The van der Waals surface area contributed by atoms with Crippen LogP contribution in [-0.2, 0) is 17.7 Å². The van der Waals surface area contributed by atoms with Gasteiger partial charge >= 0.3 is 0 Å². The molecule has 5 aromatic rings. The summed E-state index contributed by atoms with van der Waals surface area (Å²) in [6.45, 7) is 6.44. The average Bonchev–Trinajstić information content (AvgIpc) is 3.83. The fraction of sp³-hybridized carbons (Fsp3) is 0.429. The Bertz CT molecular complexity index is 1850. The number of tetrazole rings is 1. The van der Waals surface area contributed by atoms with Crippen molar-refractivity contribution in [2.24, 2.45) is 0 Å². The molecular formula is C35H40N12O3. The number of anilines is 2. The molecule has 0 unspecified atom stereocenters. The van der Waals surface area contributed by atoms with Crippen LogP contribution in [0.4, 0.5) is 11.6 Å². The van der Waals surface area contributed by atoms with Crippen LogP contribution in [0.2, 0.25) is 0 Å². The second kappa shape index (κ2) is 15.8. The van der Waals surface area contributed by atoms with E-state index >= 15 is 0 Å². The van der Waals surface area contributed by atoms with Crippen molar-refractivity contribution in [3.05, 3.63) is 78.8 Å². The Hall–Kier alpha value is -5.46. The maximum Gasteiger partial charge on any atom is 0.256 e. The van der Waals surface area contributed by atoms with Crippen LogP contribution in [0, 0.1) is 11.3 Å². The Morgan fingerprint density at radius 3 is 2.58 bits per heavy atom. The summed E-state index contributed by atoms with van der Waals surface area (Å²) in [5, 5.41) is 29.1. The number of nitrogens with zero attached hydrogens (tertiary/aromatic N) is 11. The first-order chi connectivity index (χ1) is 24.6. The van der Waals surface area contributed by atoms with Crippen molar-refractivity contribution in [2.45, 2.75) is 63.8 Å². The molecule has 15 heteroatoms. The first-order valence-electron chi connectivity index (χ1n) is 17.1. The van der Waals surface area contributed by atoms with Crippen LogP contribution in [0.1, 0.15) is 49.9 Å². The molecular weight excluding hydrogens is 636 g/mol. The largest absolute Gasteiger partial charge is 0.487 e. The van der Waals surface area contributed by atoms with Gasteiger partial charge in [-0.2, -0.15) is 5.26 Å². The maximum absolute atomic E-state index is 9.68. The lowest BCUT2D eigenvalue weighted by Crippen LogP contribution is -2.45. The number of benzene rings is 1. The van der Waals surface area contributed by atoms with Crippen molar-refractivity contribution in [2.75, 3.05) is 38.2 Å². The molecule has 5 heterocycles. The van der Waals surface area contributed by atoms with Crippen molar-refractivity contribution >= 4 is 11.6 Å². The number of hydrogen-bond donors (Lipinski definition) is 1. The van der Waals surface area contributed by atoms with E-state index in [-0.39, 0.29) is 12.1 Å². The molecule has 2 aliphatic rings. The van der Waals surface area contributed by atoms with Gasteiger partial charge in [-0.15, -0.1) is 10.2 Å². The number of nitriles is 1. The van der Waals surface area contributed by atoms with E-state index in [4.69, 9.17) is 19.3 Å². The highest BCUT2D eigenvalue weighted by atomic mass is 16.5. The third-order valence-electron chi connectivity index (χ3n) is 9.12. The molecule has 1 aliphatic carbocycles. The van der Waals surface area contributed by atoms with Gasteiger partial charge in [-0.1, -0.05) is 12.1 Å². The van der Waals surface area contributed by atoms with E-state index in [9.17, 15) is 5.26 Å². The average molecular weight is 677 g/mol. The minimum absolute atomic E-state index is 0.273. The Balaban J connectivity index is 1.04. The maximum atomic E-state index is 9.68. The lowest BCUT2D eigenvalue weighted by molar-refractivity contribution is 0.00503. The van der Waals surface area contributed by atoms with Crippen LogP contribution in [0.25, 0.3) is 11.1 Å². The molecule has 0 amide bonds. The molecule has 258 valence electrons. The molecule has 1 saturated heterocycles. The summed E-state index contributed by atoms with van der Waals surface area (Å²) in [6.07, 6.45) is 13.6. The highest BCUT2D eigenvalue weighted by molar-refractivity contribution is 5.67. The van der Waals surface area contributed by atoms with Gasteiger partial charge in [-0.25, -0.2) is 14.6 Å². The van der Waals surface area contributed by atoms with Gasteiger partial charge in [-0.05, 0) is 72.9 Å². The van der Waals surface area contributed by atoms with Gasteiger partial charge in [0.1, 0.15) is 29.9 Å². The van der Waals surface area contributed by atoms with Crippen LogP contribution in [-0.4, -0.2) is 94.9 Å². The van der Waals surface area contributed by atoms with E-state index in [0.717, 1.165) is 68.8 Å². The predicted octanol–water partition coefficient (Wildman–Crippen LogP) is 4.24. The zero-order valence-electron chi connectivity index (χ0n) is 28.0. The molecule has 2 fully saturated rings. The number of aromatic nitrogens is 9. The van der Waals surface area contributed by atoms with Crippen LogP contribution in [0.15, 0.2) is 67.5 Å². The summed E-state index contributed by atoms with van der Waals surface area (Å²) < 4.78 is 21.5. The predicted molar refractivity (Wildman–Crippen MR) is 183 cm³/mol. The highest BCUT2D eigenvalue weighted by Gasteiger charge is 2.29. The topological polar surface area (TPSA) is 167 Å². The Labute approximate surface area is 290 Å². The first kappa shape index (κ1) is 33.1. The summed E-state index contributed by atoms with van der Waals surface area (Å²) >= 11 is 0. The van der Waals surface area contributed by atoms with Gasteiger partial charge in [0.15, 0.2) is 0 Å². The summed E-state index contributed by atoms with van der Waals surface area (Å²) in [4.78, 5) is 16.2. The molecule has 1 atom stereocenters. The zero-order chi connectivity index (χ0) is 34.1. The van der Waals surface area contributed by atoms with Crippen LogP contribution >= 0.6 is 0 Å². The Morgan fingerprint density at radius 2 is 1.84 bits per heavy atom. The van der Waals surface area contributed by atoms with Gasteiger partial charge in [0.05, 0.1) is 44.2 Å². The fourth-order valence-electron chi connectivity index (χ4n) is 6.52. The Kier molecular flexibility index (Phi) is 10.5. The number of rotatable bonds is 13. The molecule has 1 aromatic carbocycles. The van der Waals surface area contributed by atoms with Gasteiger partial charge in [0.25, 0.3) is 5.88 Å². The fourth-order valence-corrected chi connectivity index (χ4v) is 6.52.